The Bertz CT molecular complexity index is 2880. The lowest BCUT2D eigenvalue weighted by molar-refractivity contribution is 0.266. The van der Waals surface area contributed by atoms with Crippen molar-refractivity contribution in [2.24, 2.45) is 0 Å². The molecule has 8 aromatic rings. The lowest BCUT2D eigenvalue weighted by Crippen LogP contribution is -2.25. The molecule has 17 nitrogen and oxygen atoms in total. The van der Waals surface area contributed by atoms with E-state index in [2.05, 4.69) is 97.4 Å². The van der Waals surface area contributed by atoms with Gasteiger partial charge in [-0.05, 0) is 111 Å². The molecule has 2 atom stereocenters. The summed E-state index contributed by atoms with van der Waals surface area (Å²) in [5.41, 5.74) is 7.79. The number of rotatable bonds is 13. The van der Waals surface area contributed by atoms with Crippen LogP contribution in [0.3, 0.4) is 0 Å². The second kappa shape index (κ2) is 26.2. The van der Waals surface area contributed by atoms with Crippen LogP contribution in [0, 0.1) is 0 Å². The molecule has 2 aliphatic carbocycles. The molecular formula is C42H58Br2N10O7P2S2. The molecule has 0 radical (unpaired) electrons. The van der Waals surface area contributed by atoms with Crippen molar-refractivity contribution < 1.29 is 27.0 Å². The van der Waals surface area contributed by atoms with Crippen LogP contribution in [0.4, 0.5) is 0 Å². The monoisotopic (exact) mass is 1100 g/mol. The van der Waals surface area contributed by atoms with Gasteiger partial charge in [0.1, 0.15) is 18.3 Å². The molecule has 2 aliphatic rings. The number of aryl methyl sites for hydroxylation is 2. The summed E-state index contributed by atoms with van der Waals surface area (Å²) in [5.74, 6) is 3.89. The average molecular weight is 1100 g/mol. The first kappa shape index (κ1) is 55.9. The summed E-state index contributed by atoms with van der Waals surface area (Å²) in [6, 6.07) is 16.8. The number of pyridine rings is 2. The molecule has 0 bridgehead atoms. The fourth-order valence-electron chi connectivity index (χ4n) is 7.56. The zero-order chi connectivity index (χ0) is 43.0. The summed E-state index contributed by atoms with van der Waals surface area (Å²) >= 11 is 10.7. The Morgan fingerprint density at radius 3 is 1.72 bits per heavy atom. The second-order valence-corrected chi connectivity index (χ2v) is 18.5. The first-order chi connectivity index (χ1) is 29.8. The normalized spacial score (nSPS) is 12.7. The quantitative estimate of drug-likeness (QED) is 0.103. The summed E-state index contributed by atoms with van der Waals surface area (Å²) in [7, 11) is 4.67. The number of aliphatic hydroxyl groups is 1. The third-order valence-corrected chi connectivity index (χ3v) is 13.0. The molecule has 10 N–H and O–H groups in total. The Labute approximate surface area is 405 Å². The van der Waals surface area contributed by atoms with Crippen molar-refractivity contribution in [1.82, 2.24) is 47.8 Å². The maximum absolute atomic E-state index is 13.3. The van der Waals surface area contributed by atoms with Crippen molar-refractivity contribution in [3.63, 3.8) is 0 Å². The molecule has 0 aliphatic heterocycles. The number of nitrogens with one attached hydrogen (secondary N) is 1. The van der Waals surface area contributed by atoms with Crippen LogP contribution in [0.5, 0.6) is 0 Å². The lowest BCUT2D eigenvalue weighted by atomic mass is 10.3. The van der Waals surface area contributed by atoms with Gasteiger partial charge in [0.25, 0.3) is 0 Å². The van der Waals surface area contributed by atoms with E-state index in [0.29, 0.717) is 18.6 Å². The molecule has 6 aromatic heterocycles. The summed E-state index contributed by atoms with van der Waals surface area (Å²) in [6.45, 7) is 2.25. The van der Waals surface area contributed by atoms with E-state index in [1.807, 2.05) is 79.7 Å². The number of hydrogen-bond acceptors (Lipinski definition) is 9. The Morgan fingerprint density at radius 2 is 1.18 bits per heavy atom. The number of imidazole rings is 4. The van der Waals surface area contributed by atoms with Crippen molar-refractivity contribution in [1.29, 1.82) is 0 Å². The van der Waals surface area contributed by atoms with Crippen molar-refractivity contribution in [3.05, 3.63) is 115 Å². The summed E-state index contributed by atoms with van der Waals surface area (Å²) in [5, 5.41) is 9.35. The number of halogens is 2. The van der Waals surface area contributed by atoms with E-state index in [4.69, 9.17) is 4.98 Å². The summed E-state index contributed by atoms with van der Waals surface area (Å²) in [4.78, 5) is 45.1. The second-order valence-electron chi connectivity index (χ2n) is 14.7. The van der Waals surface area contributed by atoms with Crippen LogP contribution in [0.2, 0.25) is 0 Å². The van der Waals surface area contributed by atoms with Gasteiger partial charge >= 0.3 is 11.4 Å². The van der Waals surface area contributed by atoms with Crippen LogP contribution in [0.15, 0.2) is 91.9 Å². The smallest absolute Gasteiger partial charge is 0.329 e. The Kier molecular flexibility index (Phi) is 22.5. The predicted octanol–water partition coefficient (Wildman–Crippen LogP) is 5.90. The number of hydrogen-bond donors (Lipinski definition) is 2. The van der Waals surface area contributed by atoms with Gasteiger partial charge in [0.05, 0.1) is 63.1 Å². The number of nitrogens with zero attached hydrogens (tertiary/aromatic N) is 9. The largest absolute Gasteiger partial charge is 0.412 e. The van der Waals surface area contributed by atoms with E-state index >= 15 is 0 Å². The molecule has 65 heavy (non-hydrogen) atoms. The van der Waals surface area contributed by atoms with Gasteiger partial charge in [0.2, 0.25) is 0 Å². The van der Waals surface area contributed by atoms with Gasteiger partial charge in [-0.1, -0.05) is 31.9 Å². The molecule has 6 heterocycles. The van der Waals surface area contributed by atoms with Crippen molar-refractivity contribution >= 4 is 117 Å². The Hall–Kier alpha value is -3.46. The van der Waals surface area contributed by atoms with E-state index in [-0.39, 0.29) is 39.9 Å². The number of aromatic amines is 1. The van der Waals surface area contributed by atoms with Gasteiger partial charge < -0.3 is 41.1 Å². The van der Waals surface area contributed by atoms with Crippen LogP contribution in [-0.2, 0) is 26.2 Å². The standard InChI is InChI=1S/C21H22BrN5OS.C12H15BrN2OS.C9H9N3O.4H2O.H4P2/c1-29-10-2-9-25-17-6-3-14(22)11-16(17)24-20(25)13-26-19-12-23-8-7-18(19)27(21(26)28)15-4-5-15;1-17-6-2-5-15-11-4-3-9(13)7-10(11)14-12(15)8-16;13-9-11-7-5-10-4-3-8(7)12(9)6-1-2-6;;;;;1-2/h3,6-8,11-12,15H,2,4-5,9-10,13H2,1H3;3-4,7,16H,2,5-6,8H2,1H3;3-6H,1-2H2,(H,11,13);4*1H2;1-2H2. The average Bonchev–Trinajstić information content (AvgIpc) is 4.18. The molecule has 0 spiro atoms. The highest BCUT2D eigenvalue weighted by Crippen LogP contribution is 2.37. The topological polar surface area (TPSA) is 272 Å². The number of H-pyrrole nitrogens is 1. The highest BCUT2D eigenvalue weighted by molar-refractivity contribution is 9.10. The van der Waals surface area contributed by atoms with Gasteiger partial charge in [-0.3, -0.25) is 23.7 Å². The van der Waals surface area contributed by atoms with Gasteiger partial charge in [0.15, 0.2) is 0 Å². The maximum Gasteiger partial charge on any atom is 0.329 e. The zero-order valence-electron chi connectivity index (χ0n) is 36.1. The van der Waals surface area contributed by atoms with Crippen molar-refractivity contribution in [2.75, 3.05) is 24.0 Å². The summed E-state index contributed by atoms with van der Waals surface area (Å²) < 4.78 is 12.0. The van der Waals surface area contributed by atoms with Crippen LogP contribution in [0.25, 0.3) is 44.1 Å². The van der Waals surface area contributed by atoms with Gasteiger partial charge in [0, 0.05) is 46.5 Å². The third kappa shape index (κ3) is 13.0. The molecular weight excluding hydrogens is 1040 g/mol. The number of aromatic nitrogens is 10. The number of thioether (sulfide) groups is 2. The number of benzene rings is 2. The minimum atomic E-state index is -0.00880. The zero-order valence-corrected chi connectivity index (χ0v) is 43.2. The van der Waals surface area contributed by atoms with Crippen molar-refractivity contribution in [3.8, 4) is 0 Å². The molecule has 23 heteroatoms. The van der Waals surface area contributed by atoms with E-state index in [1.165, 1.54) is 0 Å². The van der Waals surface area contributed by atoms with Crippen LogP contribution in [0.1, 0.15) is 62.3 Å². The minimum absolute atomic E-state index is 0. The highest BCUT2D eigenvalue weighted by Gasteiger charge is 2.29. The number of aliphatic hydroxyl groups excluding tert-OH is 1. The Balaban J connectivity index is 0.000000267. The molecule has 2 aromatic carbocycles. The van der Waals surface area contributed by atoms with Gasteiger partial charge in [-0.15, -0.1) is 17.9 Å². The fraction of sp³-hybridized carbons (Fsp3) is 0.381. The maximum atomic E-state index is 13.3. The SMILES string of the molecule is CSCCCn1c(CO)nc2cc(Br)ccc21.CSCCCn1c(Cn2c(=O)n(C3CC3)c3ccncc32)nc2cc(Br)ccc21.O.O.O.O.O=c1[nH]c2cnccc2n1C1CC1.PP. The van der Waals surface area contributed by atoms with Gasteiger partial charge in [-0.2, -0.15) is 23.5 Å². The molecule has 2 saturated carbocycles. The van der Waals surface area contributed by atoms with E-state index in [0.717, 1.165) is 128 Å². The lowest BCUT2D eigenvalue weighted by Gasteiger charge is -2.10. The van der Waals surface area contributed by atoms with Crippen molar-refractivity contribution in [2.45, 2.75) is 76.8 Å². The summed E-state index contributed by atoms with van der Waals surface area (Å²) in [6.07, 6.45) is 17.7. The highest BCUT2D eigenvalue weighted by atomic mass is 79.9. The van der Waals surface area contributed by atoms with E-state index in [9.17, 15) is 14.7 Å². The molecule has 0 amide bonds. The minimum Gasteiger partial charge on any atom is -0.412 e. The predicted molar refractivity (Wildman–Crippen MR) is 281 cm³/mol. The van der Waals surface area contributed by atoms with Crippen LogP contribution < -0.4 is 11.4 Å². The third-order valence-electron chi connectivity index (χ3n) is 10.6. The van der Waals surface area contributed by atoms with E-state index < -0.39 is 0 Å². The molecule has 2 unspecified atom stereocenters. The van der Waals surface area contributed by atoms with Crippen LogP contribution >= 0.6 is 73.2 Å². The first-order valence-corrected chi connectivity index (χ1v) is 27.1. The Morgan fingerprint density at radius 1 is 0.677 bits per heavy atom. The molecule has 0 saturated heterocycles. The molecule has 354 valence electrons. The van der Waals surface area contributed by atoms with Crippen LogP contribution in [-0.4, -0.2) is 98.8 Å². The number of fused-ring (bicyclic) bond motifs is 4. The molecule has 10 rings (SSSR count). The molecule has 2 fully saturated rings. The van der Waals surface area contributed by atoms with E-state index in [1.54, 1.807) is 24.8 Å². The fourth-order valence-corrected chi connectivity index (χ4v) is 9.09. The van der Waals surface area contributed by atoms with Gasteiger partial charge in [-0.25, -0.2) is 19.6 Å². The first-order valence-electron chi connectivity index (χ1n) is 20.1.